The Morgan fingerprint density at radius 1 is 1.18 bits per heavy atom. The minimum Gasteiger partial charge on any atom is -0.322 e. The van der Waals surface area contributed by atoms with Gasteiger partial charge in [0.15, 0.2) is 0 Å². The van der Waals surface area contributed by atoms with Crippen LogP contribution in [0.2, 0.25) is 0 Å². The standard InChI is InChI=1S/C11H7F4NO/c1-5-2-6-7(11(13,14)15)3-10(17)16-9(6)4-8(5)12/h2-4H,1H3,(H,16,17). The Hall–Kier alpha value is -1.85. The molecule has 0 radical (unpaired) electrons. The number of aromatic nitrogens is 1. The van der Waals surface area contributed by atoms with Gasteiger partial charge in [0.05, 0.1) is 11.1 Å². The molecule has 1 aromatic carbocycles. The molecule has 2 nitrogen and oxygen atoms in total. The quantitative estimate of drug-likeness (QED) is 0.711. The topological polar surface area (TPSA) is 32.9 Å². The van der Waals surface area contributed by atoms with Crippen LogP contribution in [0.25, 0.3) is 10.9 Å². The van der Waals surface area contributed by atoms with Crippen LogP contribution in [0.5, 0.6) is 0 Å². The molecule has 1 N–H and O–H groups in total. The van der Waals surface area contributed by atoms with Crippen LogP contribution < -0.4 is 5.56 Å². The number of fused-ring (bicyclic) bond motifs is 1. The number of aryl methyl sites for hydroxylation is 1. The van der Waals surface area contributed by atoms with Crippen molar-refractivity contribution in [2.45, 2.75) is 13.1 Å². The van der Waals surface area contributed by atoms with E-state index in [9.17, 15) is 22.4 Å². The van der Waals surface area contributed by atoms with Gasteiger partial charge in [-0.3, -0.25) is 4.79 Å². The molecule has 2 aromatic rings. The summed E-state index contributed by atoms with van der Waals surface area (Å²) in [6.07, 6.45) is -4.64. The van der Waals surface area contributed by atoms with Gasteiger partial charge in [0.1, 0.15) is 5.82 Å². The third-order valence-corrected chi connectivity index (χ3v) is 2.43. The molecular formula is C11H7F4NO. The number of rotatable bonds is 0. The summed E-state index contributed by atoms with van der Waals surface area (Å²) in [5.74, 6) is -0.660. The van der Waals surface area contributed by atoms with Crippen LogP contribution in [0.3, 0.4) is 0 Å². The lowest BCUT2D eigenvalue weighted by Gasteiger charge is -2.10. The number of hydrogen-bond acceptors (Lipinski definition) is 1. The Balaban J connectivity index is 2.93. The summed E-state index contributed by atoms with van der Waals surface area (Å²) in [7, 11) is 0. The first-order valence-corrected chi connectivity index (χ1v) is 4.69. The average Bonchev–Trinajstić information content (AvgIpc) is 2.18. The highest BCUT2D eigenvalue weighted by Crippen LogP contribution is 2.33. The predicted molar refractivity (Wildman–Crippen MR) is 54.3 cm³/mol. The second kappa shape index (κ2) is 3.58. The van der Waals surface area contributed by atoms with E-state index in [0.717, 1.165) is 12.1 Å². The van der Waals surface area contributed by atoms with Crippen molar-refractivity contribution >= 4 is 10.9 Å². The van der Waals surface area contributed by atoms with Crippen molar-refractivity contribution in [3.05, 3.63) is 45.5 Å². The van der Waals surface area contributed by atoms with E-state index in [4.69, 9.17) is 0 Å². The maximum absolute atomic E-state index is 13.2. The molecule has 0 saturated carbocycles. The first-order chi connectivity index (χ1) is 7.79. The van der Waals surface area contributed by atoms with Crippen molar-refractivity contribution in [2.75, 3.05) is 0 Å². The van der Waals surface area contributed by atoms with Gasteiger partial charge >= 0.3 is 6.18 Å². The SMILES string of the molecule is Cc1cc2c(C(F)(F)F)cc(=O)[nH]c2cc1F. The molecule has 1 aromatic heterocycles. The molecule has 90 valence electrons. The maximum atomic E-state index is 13.2. The molecular weight excluding hydrogens is 238 g/mol. The van der Waals surface area contributed by atoms with Crippen molar-refractivity contribution < 1.29 is 17.6 Å². The van der Waals surface area contributed by atoms with Gasteiger partial charge < -0.3 is 4.98 Å². The Labute approximate surface area is 92.9 Å². The van der Waals surface area contributed by atoms with E-state index in [1.54, 1.807) is 0 Å². The first-order valence-electron chi connectivity index (χ1n) is 4.69. The van der Waals surface area contributed by atoms with E-state index in [1.807, 2.05) is 0 Å². The largest absolute Gasteiger partial charge is 0.417 e. The smallest absolute Gasteiger partial charge is 0.322 e. The highest BCUT2D eigenvalue weighted by atomic mass is 19.4. The van der Waals surface area contributed by atoms with Crippen molar-refractivity contribution in [1.82, 2.24) is 4.98 Å². The number of aromatic amines is 1. The van der Waals surface area contributed by atoms with Gasteiger partial charge in [0.25, 0.3) is 0 Å². The summed E-state index contributed by atoms with van der Waals surface area (Å²) in [4.78, 5) is 13.2. The van der Waals surface area contributed by atoms with Crippen LogP contribution in [0.15, 0.2) is 23.0 Å². The molecule has 0 unspecified atom stereocenters. The highest BCUT2D eigenvalue weighted by Gasteiger charge is 2.33. The molecule has 1 heterocycles. The second-order valence-electron chi connectivity index (χ2n) is 3.69. The molecule has 6 heteroatoms. The van der Waals surface area contributed by atoms with Gasteiger partial charge in [-0.05, 0) is 24.6 Å². The molecule has 0 amide bonds. The van der Waals surface area contributed by atoms with E-state index in [2.05, 4.69) is 4.98 Å². The molecule has 0 aliphatic heterocycles. The van der Waals surface area contributed by atoms with Crippen LogP contribution in [0.1, 0.15) is 11.1 Å². The molecule has 0 bridgehead atoms. The van der Waals surface area contributed by atoms with E-state index in [-0.39, 0.29) is 16.5 Å². The summed E-state index contributed by atoms with van der Waals surface area (Å²) < 4.78 is 51.3. The maximum Gasteiger partial charge on any atom is 0.417 e. The fourth-order valence-corrected chi connectivity index (χ4v) is 1.62. The van der Waals surface area contributed by atoms with Crippen LogP contribution in [-0.2, 0) is 6.18 Å². The zero-order valence-electron chi connectivity index (χ0n) is 8.65. The minimum absolute atomic E-state index is 0.0926. The van der Waals surface area contributed by atoms with Crippen LogP contribution in [-0.4, -0.2) is 4.98 Å². The van der Waals surface area contributed by atoms with E-state index >= 15 is 0 Å². The zero-order chi connectivity index (χ0) is 12.8. The Kier molecular flexibility index (Phi) is 2.45. The molecule has 0 aliphatic carbocycles. The number of benzene rings is 1. The molecule has 0 saturated heterocycles. The molecule has 17 heavy (non-hydrogen) atoms. The Morgan fingerprint density at radius 2 is 1.82 bits per heavy atom. The number of nitrogens with one attached hydrogen (secondary N) is 1. The minimum atomic E-state index is -4.64. The monoisotopic (exact) mass is 245 g/mol. The van der Waals surface area contributed by atoms with Gasteiger partial charge in [0.2, 0.25) is 5.56 Å². The third-order valence-electron chi connectivity index (χ3n) is 2.43. The number of alkyl halides is 3. The fraction of sp³-hybridized carbons (Fsp3) is 0.182. The van der Waals surface area contributed by atoms with Crippen molar-refractivity contribution in [1.29, 1.82) is 0 Å². The third kappa shape index (κ3) is 2.02. The summed E-state index contributed by atoms with van der Waals surface area (Å²) in [5, 5.41) is -0.212. The fourth-order valence-electron chi connectivity index (χ4n) is 1.62. The van der Waals surface area contributed by atoms with Crippen LogP contribution in [0.4, 0.5) is 17.6 Å². The van der Waals surface area contributed by atoms with Gasteiger partial charge in [0, 0.05) is 11.5 Å². The Bertz CT molecular complexity index is 642. The first kappa shape index (κ1) is 11.6. The average molecular weight is 245 g/mol. The second-order valence-corrected chi connectivity index (χ2v) is 3.69. The lowest BCUT2D eigenvalue weighted by atomic mass is 10.1. The van der Waals surface area contributed by atoms with Gasteiger partial charge in [-0.1, -0.05) is 0 Å². The molecule has 0 fully saturated rings. The number of hydrogen-bond donors (Lipinski definition) is 1. The Morgan fingerprint density at radius 3 is 2.41 bits per heavy atom. The predicted octanol–water partition coefficient (Wildman–Crippen LogP) is 2.99. The van der Waals surface area contributed by atoms with Crippen LogP contribution >= 0.6 is 0 Å². The van der Waals surface area contributed by atoms with E-state index in [1.165, 1.54) is 6.92 Å². The summed E-state index contributed by atoms with van der Waals surface area (Å²) >= 11 is 0. The molecule has 0 atom stereocenters. The van der Waals surface area contributed by atoms with E-state index < -0.39 is 23.1 Å². The molecule has 0 aliphatic rings. The summed E-state index contributed by atoms with van der Waals surface area (Å²) in [6, 6.07) is 2.43. The number of pyridine rings is 1. The van der Waals surface area contributed by atoms with Gasteiger partial charge in [-0.25, -0.2) is 4.39 Å². The van der Waals surface area contributed by atoms with Crippen molar-refractivity contribution in [3.63, 3.8) is 0 Å². The summed E-state index contributed by atoms with van der Waals surface area (Å²) in [5.41, 5.74) is -2.03. The zero-order valence-corrected chi connectivity index (χ0v) is 8.65. The normalized spacial score (nSPS) is 12.1. The summed E-state index contributed by atoms with van der Waals surface area (Å²) in [6.45, 7) is 1.36. The van der Waals surface area contributed by atoms with Gasteiger partial charge in [-0.15, -0.1) is 0 Å². The lowest BCUT2D eigenvalue weighted by Crippen LogP contribution is -2.14. The van der Waals surface area contributed by atoms with E-state index in [0.29, 0.717) is 6.07 Å². The molecule has 0 spiro atoms. The lowest BCUT2D eigenvalue weighted by molar-refractivity contribution is -0.136. The van der Waals surface area contributed by atoms with Crippen molar-refractivity contribution in [3.8, 4) is 0 Å². The highest BCUT2D eigenvalue weighted by molar-refractivity contribution is 5.83. The number of H-pyrrole nitrogens is 1. The van der Waals surface area contributed by atoms with Crippen molar-refractivity contribution in [2.24, 2.45) is 0 Å². The van der Waals surface area contributed by atoms with Gasteiger partial charge in [-0.2, -0.15) is 13.2 Å². The number of halogens is 4. The molecule has 2 rings (SSSR count). The van der Waals surface area contributed by atoms with Crippen LogP contribution in [0, 0.1) is 12.7 Å².